The van der Waals surface area contributed by atoms with Gasteiger partial charge >= 0.3 is 6.09 Å². The monoisotopic (exact) mass is 705 g/mol. The van der Waals surface area contributed by atoms with Crippen LogP contribution in [0.4, 0.5) is 4.79 Å². The molecule has 49 heavy (non-hydrogen) atoms. The number of carboxylic acid groups (broad SMARTS) is 1. The topological polar surface area (TPSA) is 68.2 Å². The fraction of sp³-hybridized carbons (Fsp3) is 0.390. The Hall–Kier alpha value is -3.71. The van der Waals surface area contributed by atoms with Crippen molar-refractivity contribution in [2.75, 3.05) is 33.5 Å². The molecule has 0 aliphatic rings. The molecule has 1 unspecified atom stereocenters. The van der Waals surface area contributed by atoms with E-state index in [9.17, 15) is 9.90 Å². The van der Waals surface area contributed by atoms with E-state index < -0.39 is 11.6 Å². The van der Waals surface area contributed by atoms with Gasteiger partial charge in [0.05, 0.1) is 10.0 Å². The lowest BCUT2D eigenvalue weighted by atomic mass is 9.85. The maximum Gasteiger partial charge on any atom is 0.407 e. The SMILES string of the molecule is COCCCc1cccc(C)c1-c1ccc(C(Cc2ccc(OCCOc3c(Cl)cc(C)cc3Cl)cc2)CN(C(=O)O)C(C)(C)C)c(C)c1. The smallest absolute Gasteiger partial charge is 0.407 e. The number of benzene rings is 4. The summed E-state index contributed by atoms with van der Waals surface area (Å²) in [6, 6.07) is 24.7. The van der Waals surface area contributed by atoms with Crippen LogP contribution in [0.3, 0.4) is 0 Å². The van der Waals surface area contributed by atoms with E-state index >= 15 is 0 Å². The number of ether oxygens (including phenoxy) is 3. The fourth-order valence-electron chi connectivity index (χ4n) is 6.31. The van der Waals surface area contributed by atoms with Crippen LogP contribution in [0.2, 0.25) is 10.0 Å². The summed E-state index contributed by atoms with van der Waals surface area (Å²) in [5.41, 5.74) is 8.76. The standard InChI is InChI=1S/C41H49Cl2NO5/c1-27-22-36(42)39(37(43)23-27)49-21-20-48-34-16-13-30(14-17-34)25-33(26-44(40(45)46)41(4,5)6)35-18-15-32(24-29(35)3)38-28(2)10-8-11-31(38)12-9-19-47-7/h8,10-11,13-18,22-24,33H,9,12,19-21,25-26H2,1-7H3,(H,45,46). The average Bonchev–Trinajstić information content (AvgIpc) is 3.02. The lowest BCUT2D eigenvalue weighted by Crippen LogP contribution is -2.47. The Morgan fingerprint density at radius 2 is 1.53 bits per heavy atom. The number of aryl methyl sites for hydroxylation is 4. The third-order valence-electron chi connectivity index (χ3n) is 8.74. The number of rotatable bonds is 15. The first-order valence-electron chi connectivity index (χ1n) is 16.8. The molecule has 1 N–H and O–H groups in total. The van der Waals surface area contributed by atoms with Gasteiger partial charge in [0, 0.05) is 31.7 Å². The molecular formula is C41H49Cl2NO5. The molecule has 0 radical (unpaired) electrons. The van der Waals surface area contributed by atoms with Gasteiger partial charge < -0.3 is 24.2 Å². The van der Waals surface area contributed by atoms with Gasteiger partial charge in [0.15, 0.2) is 5.75 Å². The molecule has 1 amide bonds. The van der Waals surface area contributed by atoms with Crippen molar-refractivity contribution in [1.82, 2.24) is 4.90 Å². The van der Waals surface area contributed by atoms with Gasteiger partial charge in [0.1, 0.15) is 19.0 Å². The minimum Gasteiger partial charge on any atom is -0.490 e. The Balaban J connectivity index is 1.54. The summed E-state index contributed by atoms with van der Waals surface area (Å²) in [5.74, 6) is 1.10. The number of amides is 1. The van der Waals surface area contributed by atoms with Gasteiger partial charge in [-0.1, -0.05) is 71.7 Å². The minimum atomic E-state index is -0.924. The van der Waals surface area contributed by atoms with E-state index in [1.165, 1.54) is 22.3 Å². The summed E-state index contributed by atoms with van der Waals surface area (Å²) >= 11 is 12.6. The highest BCUT2D eigenvalue weighted by Gasteiger charge is 2.30. The molecule has 0 saturated carbocycles. The molecule has 262 valence electrons. The maximum atomic E-state index is 12.5. The summed E-state index contributed by atoms with van der Waals surface area (Å²) in [6.07, 6.45) is 1.64. The summed E-state index contributed by atoms with van der Waals surface area (Å²) in [7, 11) is 1.74. The van der Waals surface area contributed by atoms with Crippen LogP contribution in [0.25, 0.3) is 11.1 Å². The zero-order chi connectivity index (χ0) is 35.7. The molecule has 0 bridgehead atoms. The van der Waals surface area contributed by atoms with Crippen molar-refractivity contribution in [3.63, 3.8) is 0 Å². The lowest BCUT2D eigenvalue weighted by molar-refractivity contribution is 0.0956. The van der Waals surface area contributed by atoms with E-state index in [1.807, 2.05) is 64.1 Å². The van der Waals surface area contributed by atoms with Crippen LogP contribution in [-0.2, 0) is 17.6 Å². The average molecular weight is 707 g/mol. The third kappa shape index (κ3) is 10.4. The maximum absolute atomic E-state index is 12.5. The highest BCUT2D eigenvalue weighted by molar-refractivity contribution is 6.37. The van der Waals surface area contributed by atoms with Crippen LogP contribution in [0.5, 0.6) is 11.5 Å². The number of hydrogen-bond donors (Lipinski definition) is 1. The van der Waals surface area contributed by atoms with Gasteiger partial charge in [-0.05, 0) is 130 Å². The van der Waals surface area contributed by atoms with Crippen LogP contribution in [0.15, 0.2) is 72.8 Å². The molecule has 4 aromatic rings. The molecular weight excluding hydrogens is 657 g/mol. The van der Waals surface area contributed by atoms with Gasteiger partial charge in [0.2, 0.25) is 0 Å². The Labute approximate surface area is 301 Å². The minimum absolute atomic E-state index is 0.0633. The Kier molecular flexibility index (Phi) is 13.4. The summed E-state index contributed by atoms with van der Waals surface area (Å²) < 4.78 is 17.0. The molecule has 0 aliphatic heterocycles. The number of carbonyl (C=O) groups is 1. The van der Waals surface area contributed by atoms with E-state index in [0.29, 0.717) is 41.1 Å². The molecule has 0 saturated heterocycles. The molecule has 0 fully saturated rings. The molecule has 4 aromatic carbocycles. The van der Waals surface area contributed by atoms with Gasteiger partial charge in [-0.15, -0.1) is 0 Å². The molecule has 8 heteroatoms. The van der Waals surface area contributed by atoms with Crippen molar-refractivity contribution in [1.29, 1.82) is 0 Å². The molecule has 4 rings (SSSR count). The third-order valence-corrected chi connectivity index (χ3v) is 9.30. The van der Waals surface area contributed by atoms with Gasteiger partial charge in [-0.2, -0.15) is 0 Å². The van der Waals surface area contributed by atoms with Crippen molar-refractivity contribution in [2.45, 2.75) is 72.3 Å². The summed E-state index contributed by atoms with van der Waals surface area (Å²) in [5, 5.41) is 11.2. The van der Waals surface area contributed by atoms with Crippen LogP contribution < -0.4 is 9.47 Å². The second kappa shape index (κ2) is 17.3. The van der Waals surface area contributed by atoms with E-state index in [4.69, 9.17) is 37.4 Å². The van der Waals surface area contributed by atoms with E-state index in [1.54, 1.807) is 12.0 Å². The Bertz CT molecular complexity index is 1690. The lowest BCUT2D eigenvalue weighted by Gasteiger charge is -2.36. The van der Waals surface area contributed by atoms with Gasteiger partial charge in [0.25, 0.3) is 0 Å². The van der Waals surface area contributed by atoms with Crippen LogP contribution in [0.1, 0.15) is 66.5 Å². The largest absolute Gasteiger partial charge is 0.490 e. The highest BCUT2D eigenvalue weighted by atomic mass is 35.5. The van der Waals surface area contributed by atoms with Crippen LogP contribution in [0, 0.1) is 20.8 Å². The second-order valence-electron chi connectivity index (χ2n) is 13.6. The van der Waals surface area contributed by atoms with Crippen LogP contribution in [-0.4, -0.2) is 55.1 Å². The Morgan fingerprint density at radius 3 is 2.14 bits per heavy atom. The van der Waals surface area contributed by atoms with Crippen molar-refractivity contribution in [3.05, 3.63) is 116 Å². The van der Waals surface area contributed by atoms with Crippen molar-refractivity contribution >= 4 is 29.3 Å². The van der Waals surface area contributed by atoms with Crippen molar-refractivity contribution in [3.8, 4) is 22.6 Å². The second-order valence-corrected chi connectivity index (χ2v) is 14.5. The normalized spacial score (nSPS) is 12.1. The Morgan fingerprint density at radius 1 is 0.857 bits per heavy atom. The zero-order valence-electron chi connectivity index (χ0n) is 29.7. The predicted octanol–water partition coefficient (Wildman–Crippen LogP) is 10.7. The van der Waals surface area contributed by atoms with Gasteiger partial charge in [-0.25, -0.2) is 4.79 Å². The first-order valence-corrected chi connectivity index (χ1v) is 17.5. The van der Waals surface area contributed by atoms with E-state index in [2.05, 4.69) is 50.2 Å². The fourth-order valence-corrected chi connectivity index (χ4v) is 7.02. The summed E-state index contributed by atoms with van der Waals surface area (Å²) in [6.45, 7) is 13.7. The molecule has 6 nitrogen and oxygen atoms in total. The zero-order valence-corrected chi connectivity index (χ0v) is 31.3. The number of halogens is 2. The first kappa shape index (κ1) is 38.1. The van der Waals surface area contributed by atoms with Crippen LogP contribution >= 0.6 is 23.2 Å². The number of nitrogens with zero attached hydrogens (tertiary/aromatic N) is 1. The molecule has 0 heterocycles. The first-order chi connectivity index (χ1) is 23.3. The summed E-state index contributed by atoms with van der Waals surface area (Å²) in [4.78, 5) is 14.0. The van der Waals surface area contributed by atoms with E-state index in [-0.39, 0.29) is 12.5 Å². The predicted molar refractivity (Wildman–Crippen MR) is 201 cm³/mol. The number of methoxy groups -OCH3 is 1. The molecule has 0 spiro atoms. The quantitative estimate of drug-likeness (QED) is 0.125. The highest BCUT2D eigenvalue weighted by Crippen LogP contribution is 2.35. The number of hydrogen-bond acceptors (Lipinski definition) is 4. The molecule has 0 aromatic heterocycles. The molecule has 0 aliphatic carbocycles. The van der Waals surface area contributed by atoms with E-state index in [0.717, 1.165) is 41.7 Å². The molecule has 1 atom stereocenters. The van der Waals surface area contributed by atoms with Crippen molar-refractivity contribution in [2.24, 2.45) is 0 Å². The van der Waals surface area contributed by atoms with Gasteiger partial charge in [-0.3, -0.25) is 0 Å². The van der Waals surface area contributed by atoms with Crippen molar-refractivity contribution < 1.29 is 24.1 Å².